The van der Waals surface area contributed by atoms with E-state index in [1.165, 1.54) is 6.08 Å². The molecule has 0 bridgehead atoms. The maximum Gasteiger partial charge on any atom is 0.176 e. The molecular weight excluding hydrogens is 236 g/mol. The molecule has 2 atom stereocenters. The molecule has 15 heavy (non-hydrogen) atoms. The molecule has 6 heteroatoms. The van der Waals surface area contributed by atoms with Gasteiger partial charge in [-0.05, 0) is 12.0 Å². The fourth-order valence-electron chi connectivity index (χ4n) is 2.04. The maximum absolute atomic E-state index is 11.8. The molecule has 0 aromatic rings. The van der Waals surface area contributed by atoms with Gasteiger partial charge in [0, 0.05) is 0 Å². The van der Waals surface area contributed by atoms with E-state index in [4.69, 9.17) is 0 Å². The van der Waals surface area contributed by atoms with Crippen LogP contribution in [0.5, 0.6) is 0 Å². The summed E-state index contributed by atoms with van der Waals surface area (Å²) in [4.78, 5) is 0.0729. The van der Waals surface area contributed by atoms with Gasteiger partial charge in [0.05, 0.1) is 16.4 Å². The van der Waals surface area contributed by atoms with Crippen LogP contribution < -0.4 is 0 Å². The fraction of sp³-hybridized carbons (Fsp3) is 0.556. The Hall–Kier alpha value is -0.620. The quantitative estimate of drug-likeness (QED) is 0.618. The minimum Gasteiger partial charge on any atom is -0.228 e. The summed E-state index contributed by atoms with van der Waals surface area (Å²) in [6, 6.07) is 0. The molecule has 1 saturated heterocycles. The summed E-state index contributed by atoms with van der Waals surface area (Å²) in [5.41, 5.74) is 0. The Morgan fingerprint density at radius 2 is 1.87 bits per heavy atom. The Balaban J connectivity index is 2.64. The van der Waals surface area contributed by atoms with Crippen LogP contribution in [0.15, 0.2) is 23.1 Å². The van der Waals surface area contributed by atoms with Gasteiger partial charge in [0.15, 0.2) is 19.7 Å². The molecule has 2 rings (SSSR count). The van der Waals surface area contributed by atoms with Crippen molar-refractivity contribution in [2.45, 2.75) is 12.2 Å². The Morgan fingerprint density at radius 3 is 2.47 bits per heavy atom. The standard InChI is InChI=1S/C9H12O4S2/c1-7-3-2-4-8-9(7)15(12,13)6-5-14(8,10)11/h2-4,7,9H,5-6H2,1H3. The van der Waals surface area contributed by atoms with Gasteiger partial charge in [-0.25, -0.2) is 16.8 Å². The third-order valence-corrected chi connectivity index (χ3v) is 7.30. The Bertz CT molecular complexity index is 537. The van der Waals surface area contributed by atoms with Gasteiger partial charge in [0.25, 0.3) is 0 Å². The van der Waals surface area contributed by atoms with Crippen LogP contribution in [-0.4, -0.2) is 33.6 Å². The Morgan fingerprint density at radius 1 is 1.20 bits per heavy atom. The molecule has 84 valence electrons. The number of sulfone groups is 2. The lowest BCUT2D eigenvalue weighted by molar-refractivity contribution is 0.557. The van der Waals surface area contributed by atoms with E-state index in [-0.39, 0.29) is 22.3 Å². The van der Waals surface area contributed by atoms with Crippen molar-refractivity contribution in [1.82, 2.24) is 0 Å². The molecule has 0 spiro atoms. The highest BCUT2D eigenvalue weighted by Crippen LogP contribution is 2.33. The van der Waals surface area contributed by atoms with E-state index in [1.807, 2.05) is 0 Å². The molecule has 4 nitrogen and oxygen atoms in total. The van der Waals surface area contributed by atoms with Crippen molar-refractivity contribution in [3.8, 4) is 0 Å². The second kappa shape index (κ2) is 3.18. The number of hydrogen-bond acceptors (Lipinski definition) is 4. The zero-order valence-corrected chi connectivity index (χ0v) is 9.88. The average molecular weight is 248 g/mol. The molecule has 0 radical (unpaired) electrons. The van der Waals surface area contributed by atoms with Crippen molar-refractivity contribution < 1.29 is 16.8 Å². The smallest absolute Gasteiger partial charge is 0.176 e. The topological polar surface area (TPSA) is 68.3 Å². The van der Waals surface area contributed by atoms with Crippen LogP contribution in [0.3, 0.4) is 0 Å². The van der Waals surface area contributed by atoms with Gasteiger partial charge in [-0.3, -0.25) is 0 Å². The zero-order chi connectivity index (χ0) is 11.3. The summed E-state index contributed by atoms with van der Waals surface area (Å²) in [6.45, 7) is 1.73. The van der Waals surface area contributed by atoms with Crippen LogP contribution in [0.4, 0.5) is 0 Å². The minimum atomic E-state index is -3.36. The molecule has 0 aromatic heterocycles. The molecular formula is C9H12O4S2. The van der Waals surface area contributed by atoms with E-state index < -0.39 is 24.9 Å². The maximum atomic E-state index is 11.8. The summed E-state index contributed by atoms with van der Waals surface area (Å²) in [6.07, 6.45) is 4.76. The van der Waals surface area contributed by atoms with Gasteiger partial charge >= 0.3 is 0 Å². The molecule has 0 N–H and O–H groups in total. The van der Waals surface area contributed by atoms with Crippen molar-refractivity contribution in [3.63, 3.8) is 0 Å². The van der Waals surface area contributed by atoms with Crippen LogP contribution >= 0.6 is 0 Å². The number of rotatable bonds is 0. The third kappa shape index (κ3) is 1.65. The predicted molar refractivity (Wildman–Crippen MR) is 57.7 cm³/mol. The van der Waals surface area contributed by atoms with Gasteiger partial charge in [0.1, 0.15) is 5.25 Å². The number of allylic oxidation sites excluding steroid dienone is 3. The summed E-state index contributed by atoms with van der Waals surface area (Å²) >= 11 is 0. The van der Waals surface area contributed by atoms with Gasteiger partial charge < -0.3 is 0 Å². The lowest BCUT2D eigenvalue weighted by atomic mass is 10.0. The predicted octanol–water partition coefficient (Wildman–Crippen LogP) is 0.288. The largest absolute Gasteiger partial charge is 0.228 e. The van der Waals surface area contributed by atoms with Gasteiger partial charge in [-0.15, -0.1) is 0 Å². The second-order valence-corrected chi connectivity index (χ2v) is 8.27. The Kier molecular flexibility index (Phi) is 2.31. The van der Waals surface area contributed by atoms with Crippen molar-refractivity contribution >= 4 is 19.7 Å². The lowest BCUT2D eigenvalue weighted by Gasteiger charge is -2.30. The molecule has 2 aliphatic rings. The highest BCUT2D eigenvalue weighted by Gasteiger charge is 2.44. The van der Waals surface area contributed by atoms with Gasteiger partial charge in [-0.1, -0.05) is 19.1 Å². The summed E-state index contributed by atoms with van der Waals surface area (Å²) in [5.74, 6) is -0.793. The normalized spacial score (nSPS) is 36.7. The first-order valence-corrected chi connectivity index (χ1v) is 8.04. The van der Waals surface area contributed by atoms with E-state index in [1.54, 1.807) is 19.1 Å². The first-order valence-electron chi connectivity index (χ1n) is 4.67. The highest BCUT2D eigenvalue weighted by atomic mass is 32.2. The third-order valence-electron chi connectivity index (χ3n) is 2.82. The summed E-state index contributed by atoms with van der Waals surface area (Å²) in [5, 5.41) is -0.860. The number of hydrogen-bond donors (Lipinski definition) is 0. The SMILES string of the molecule is CC1C=CC=C2C1S(=O)(=O)CCS2(=O)=O. The van der Waals surface area contributed by atoms with E-state index in [9.17, 15) is 16.8 Å². The molecule has 0 amide bonds. The van der Waals surface area contributed by atoms with E-state index in [0.29, 0.717) is 0 Å². The molecule has 1 heterocycles. The Labute approximate surface area is 89.5 Å². The van der Waals surface area contributed by atoms with Gasteiger partial charge in [-0.2, -0.15) is 0 Å². The number of fused-ring (bicyclic) bond motifs is 1. The molecule has 1 aliphatic carbocycles. The second-order valence-electron chi connectivity index (χ2n) is 3.92. The molecule has 0 aromatic carbocycles. The summed E-state index contributed by atoms with van der Waals surface area (Å²) < 4.78 is 46.9. The van der Waals surface area contributed by atoms with Crippen LogP contribution in [0.25, 0.3) is 0 Å². The fourth-order valence-corrected chi connectivity index (χ4v) is 7.24. The first-order chi connectivity index (χ1) is 6.84. The lowest BCUT2D eigenvalue weighted by Crippen LogP contribution is -2.42. The van der Waals surface area contributed by atoms with Crippen LogP contribution in [0, 0.1) is 5.92 Å². The molecule has 1 aliphatic heterocycles. The molecule has 0 saturated carbocycles. The van der Waals surface area contributed by atoms with E-state index >= 15 is 0 Å². The van der Waals surface area contributed by atoms with E-state index in [0.717, 1.165) is 0 Å². The molecule has 1 fully saturated rings. The van der Waals surface area contributed by atoms with Crippen molar-refractivity contribution in [3.05, 3.63) is 23.1 Å². The van der Waals surface area contributed by atoms with Crippen molar-refractivity contribution in [1.29, 1.82) is 0 Å². The zero-order valence-electron chi connectivity index (χ0n) is 8.25. The van der Waals surface area contributed by atoms with Crippen LogP contribution in [-0.2, 0) is 19.7 Å². The van der Waals surface area contributed by atoms with Crippen molar-refractivity contribution in [2.24, 2.45) is 5.92 Å². The van der Waals surface area contributed by atoms with Gasteiger partial charge in [0.2, 0.25) is 0 Å². The molecule has 2 unspecified atom stereocenters. The average Bonchev–Trinajstić information content (AvgIpc) is 2.13. The first kappa shape index (κ1) is 10.9. The summed E-state index contributed by atoms with van der Waals surface area (Å²) in [7, 11) is -6.66. The minimum absolute atomic E-state index is 0.0729. The van der Waals surface area contributed by atoms with E-state index in [2.05, 4.69) is 0 Å². The monoisotopic (exact) mass is 248 g/mol. The highest BCUT2D eigenvalue weighted by molar-refractivity contribution is 8.01. The van der Waals surface area contributed by atoms with Crippen LogP contribution in [0.2, 0.25) is 0 Å². The van der Waals surface area contributed by atoms with Crippen LogP contribution in [0.1, 0.15) is 6.92 Å². The van der Waals surface area contributed by atoms with Crippen molar-refractivity contribution in [2.75, 3.05) is 11.5 Å².